The average Bonchev–Trinajstić information content (AvgIpc) is 3.19. The second-order valence-corrected chi connectivity index (χ2v) is 10.0. The van der Waals surface area contributed by atoms with E-state index in [0.717, 1.165) is 35.8 Å². The molecular formula is C24H30F3N5O2. The maximum Gasteiger partial charge on any atom is 0.405 e. The van der Waals surface area contributed by atoms with Crippen molar-refractivity contribution in [3.05, 3.63) is 29.3 Å². The number of hydrogen-bond donors (Lipinski definition) is 3. The fourth-order valence-corrected chi connectivity index (χ4v) is 4.33. The van der Waals surface area contributed by atoms with Crippen LogP contribution < -0.4 is 10.6 Å². The van der Waals surface area contributed by atoms with Gasteiger partial charge in [0.25, 0.3) is 5.89 Å². The summed E-state index contributed by atoms with van der Waals surface area (Å²) in [6, 6.07) is 5.55. The molecule has 0 bridgehead atoms. The highest BCUT2D eigenvalue weighted by molar-refractivity contribution is 5.90. The van der Waals surface area contributed by atoms with E-state index >= 15 is 0 Å². The molecule has 0 amide bonds. The Hall–Kier alpha value is -2.88. The number of benzene rings is 1. The first-order valence-electron chi connectivity index (χ1n) is 11.4. The van der Waals surface area contributed by atoms with Crippen LogP contribution in [0.2, 0.25) is 0 Å². The van der Waals surface area contributed by atoms with Crippen LogP contribution in [0.3, 0.4) is 0 Å². The zero-order valence-corrected chi connectivity index (χ0v) is 19.8. The Kier molecular flexibility index (Phi) is 6.46. The lowest BCUT2D eigenvalue weighted by Crippen LogP contribution is -2.29. The topological polar surface area (TPSA) is 96.1 Å². The van der Waals surface area contributed by atoms with E-state index in [0.29, 0.717) is 23.3 Å². The number of fused-ring (bicyclic) bond motifs is 1. The number of nitrogens with one attached hydrogen (secondary N) is 2. The van der Waals surface area contributed by atoms with Gasteiger partial charge in [0.15, 0.2) is 0 Å². The van der Waals surface area contributed by atoms with E-state index in [2.05, 4.69) is 20.8 Å². The average molecular weight is 478 g/mol. The number of alkyl halides is 3. The van der Waals surface area contributed by atoms with Crippen molar-refractivity contribution in [2.45, 2.75) is 77.1 Å². The summed E-state index contributed by atoms with van der Waals surface area (Å²) in [5, 5.41) is 24.6. The van der Waals surface area contributed by atoms with Crippen molar-refractivity contribution in [1.29, 1.82) is 0 Å². The van der Waals surface area contributed by atoms with Crippen molar-refractivity contribution in [2.75, 3.05) is 17.2 Å². The normalized spacial score (nSPS) is 19.4. The maximum atomic E-state index is 12.8. The molecule has 0 saturated heterocycles. The maximum absolute atomic E-state index is 12.8. The van der Waals surface area contributed by atoms with Gasteiger partial charge < -0.3 is 20.2 Å². The highest BCUT2D eigenvalue weighted by atomic mass is 19.4. The first-order chi connectivity index (χ1) is 15.9. The second kappa shape index (κ2) is 9.05. The molecule has 3 aromatic rings. The predicted molar refractivity (Wildman–Crippen MR) is 125 cm³/mol. The quantitative estimate of drug-likeness (QED) is 0.441. The molecule has 3 N–H and O–H groups in total. The Morgan fingerprint density at radius 1 is 1.12 bits per heavy atom. The zero-order valence-electron chi connectivity index (χ0n) is 19.8. The Balaban J connectivity index is 1.68. The minimum absolute atomic E-state index is 0.0680. The zero-order chi connectivity index (χ0) is 24.7. The van der Waals surface area contributed by atoms with Crippen LogP contribution in [0.1, 0.15) is 57.6 Å². The molecule has 184 valence electrons. The number of pyridine rings is 1. The van der Waals surface area contributed by atoms with Crippen LogP contribution in [-0.4, -0.2) is 45.2 Å². The number of rotatable bonds is 5. The van der Waals surface area contributed by atoms with Gasteiger partial charge in [-0.15, -0.1) is 5.10 Å². The molecule has 1 aliphatic carbocycles. The molecule has 7 nitrogen and oxygen atoms in total. The Morgan fingerprint density at radius 2 is 1.88 bits per heavy atom. The molecule has 1 saturated carbocycles. The van der Waals surface area contributed by atoms with Gasteiger partial charge in [-0.25, -0.2) is 4.98 Å². The molecule has 2 aromatic heterocycles. The number of hydrogen-bond acceptors (Lipinski definition) is 7. The van der Waals surface area contributed by atoms with Crippen molar-refractivity contribution >= 4 is 22.6 Å². The van der Waals surface area contributed by atoms with Crippen molar-refractivity contribution in [1.82, 2.24) is 15.2 Å². The number of aliphatic hydroxyl groups is 1. The van der Waals surface area contributed by atoms with Crippen LogP contribution >= 0.6 is 0 Å². The molecule has 0 radical (unpaired) electrons. The highest BCUT2D eigenvalue weighted by Crippen LogP contribution is 2.35. The standard InChI is InChI=1S/C24H30F3N5O2/c1-13-8-19(21-31-32-22(34-21)29-14-6-5-7-16(33)9-14)30-20-17(13)10-15(28-12-24(25,26)27)11-18(20)23(2,3)4/h8,10-11,14,16,28,33H,5-7,9,12H2,1-4H3,(H,29,32)/t14-,16-/m0/s1. The van der Waals surface area contributed by atoms with Gasteiger partial charge in [-0.1, -0.05) is 25.9 Å². The molecule has 0 unspecified atom stereocenters. The van der Waals surface area contributed by atoms with E-state index in [9.17, 15) is 18.3 Å². The third-order valence-electron chi connectivity index (χ3n) is 6.04. The summed E-state index contributed by atoms with van der Waals surface area (Å²) in [6.45, 7) is 6.75. The number of halogens is 3. The van der Waals surface area contributed by atoms with Crippen LogP contribution in [0, 0.1) is 6.92 Å². The number of nitrogens with zero attached hydrogens (tertiary/aromatic N) is 3. The summed E-state index contributed by atoms with van der Waals surface area (Å²) in [6.07, 6.45) is -1.36. The third kappa shape index (κ3) is 5.60. The van der Waals surface area contributed by atoms with E-state index in [1.807, 2.05) is 27.7 Å². The van der Waals surface area contributed by atoms with Crippen molar-refractivity contribution < 1.29 is 22.7 Å². The van der Waals surface area contributed by atoms with Crippen LogP contribution in [0.25, 0.3) is 22.5 Å². The van der Waals surface area contributed by atoms with Gasteiger partial charge in [-0.3, -0.25) is 0 Å². The van der Waals surface area contributed by atoms with Gasteiger partial charge in [0.2, 0.25) is 0 Å². The summed E-state index contributed by atoms with van der Waals surface area (Å²) in [4.78, 5) is 4.78. The van der Waals surface area contributed by atoms with Crippen LogP contribution in [-0.2, 0) is 5.41 Å². The number of aryl methyl sites for hydroxylation is 1. The van der Waals surface area contributed by atoms with Gasteiger partial charge in [0.05, 0.1) is 11.6 Å². The van der Waals surface area contributed by atoms with Gasteiger partial charge in [0.1, 0.15) is 12.2 Å². The summed E-state index contributed by atoms with van der Waals surface area (Å²) in [5.41, 5.74) is 2.86. The molecular weight excluding hydrogens is 447 g/mol. The summed E-state index contributed by atoms with van der Waals surface area (Å²) in [7, 11) is 0. The van der Waals surface area contributed by atoms with Crippen molar-refractivity contribution in [3.8, 4) is 11.6 Å². The van der Waals surface area contributed by atoms with Crippen LogP contribution in [0.5, 0.6) is 0 Å². The van der Waals surface area contributed by atoms with E-state index in [1.165, 1.54) is 0 Å². The molecule has 4 rings (SSSR count). The second-order valence-electron chi connectivity index (χ2n) is 10.0. The minimum atomic E-state index is -4.31. The van der Waals surface area contributed by atoms with E-state index in [1.54, 1.807) is 18.2 Å². The Bertz CT molecular complexity index is 1170. The molecule has 1 aromatic carbocycles. The van der Waals surface area contributed by atoms with Gasteiger partial charge >= 0.3 is 12.2 Å². The summed E-state index contributed by atoms with van der Waals surface area (Å²) >= 11 is 0. The summed E-state index contributed by atoms with van der Waals surface area (Å²) < 4.78 is 44.1. The first kappa shape index (κ1) is 24.3. The van der Waals surface area contributed by atoms with Gasteiger partial charge in [-0.05, 0) is 67.3 Å². The smallest absolute Gasteiger partial charge is 0.402 e. The number of aromatic nitrogens is 3. The molecule has 10 heteroatoms. The van der Waals surface area contributed by atoms with Crippen LogP contribution in [0.4, 0.5) is 24.9 Å². The highest BCUT2D eigenvalue weighted by Gasteiger charge is 2.28. The minimum Gasteiger partial charge on any atom is -0.402 e. The SMILES string of the molecule is Cc1cc(-c2nnc(N[C@H]3CCC[C@H](O)C3)o2)nc2c(C(C)(C)C)cc(NCC(F)(F)F)cc12. The molecule has 1 fully saturated rings. The Morgan fingerprint density at radius 3 is 2.56 bits per heavy atom. The van der Waals surface area contributed by atoms with Crippen molar-refractivity contribution in [2.24, 2.45) is 0 Å². The lowest BCUT2D eigenvalue weighted by molar-refractivity contribution is -0.115. The number of aliphatic hydroxyl groups excluding tert-OH is 1. The van der Waals surface area contributed by atoms with E-state index in [4.69, 9.17) is 9.40 Å². The molecule has 34 heavy (non-hydrogen) atoms. The third-order valence-corrected chi connectivity index (χ3v) is 6.04. The molecule has 0 aliphatic heterocycles. The van der Waals surface area contributed by atoms with Gasteiger partial charge in [0, 0.05) is 17.1 Å². The fourth-order valence-electron chi connectivity index (χ4n) is 4.33. The van der Waals surface area contributed by atoms with Crippen molar-refractivity contribution in [3.63, 3.8) is 0 Å². The lowest BCUT2D eigenvalue weighted by atomic mass is 9.84. The van der Waals surface area contributed by atoms with Crippen LogP contribution in [0.15, 0.2) is 22.6 Å². The fraction of sp³-hybridized carbons (Fsp3) is 0.542. The predicted octanol–water partition coefficient (Wildman–Crippen LogP) is 5.58. The molecule has 2 atom stereocenters. The lowest BCUT2D eigenvalue weighted by Gasteiger charge is -2.25. The molecule has 2 heterocycles. The van der Waals surface area contributed by atoms with E-state index < -0.39 is 12.7 Å². The van der Waals surface area contributed by atoms with E-state index in [-0.39, 0.29) is 29.5 Å². The van der Waals surface area contributed by atoms with Gasteiger partial charge in [-0.2, -0.15) is 13.2 Å². The monoisotopic (exact) mass is 477 g/mol. The summed E-state index contributed by atoms with van der Waals surface area (Å²) in [5.74, 6) is 0.253. The Labute approximate surface area is 196 Å². The largest absolute Gasteiger partial charge is 0.405 e. The number of anilines is 2. The molecule has 1 aliphatic rings. The molecule has 0 spiro atoms. The first-order valence-corrected chi connectivity index (χ1v) is 11.4.